The zero-order valence-corrected chi connectivity index (χ0v) is 19.5. The van der Waals surface area contributed by atoms with Crippen LogP contribution in [0.2, 0.25) is 0 Å². The second-order valence-electron chi connectivity index (χ2n) is 7.61. The summed E-state index contributed by atoms with van der Waals surface area (Å²) in [4.78, 5) is 23.6. The van der Waals surface area contributed by atoms with Gasteiger partial charge < -0.3 is 21.3 Å². The molecular weight excluding hydrogens is 479 g/mol. The zero-order valence-electron chi connectivity index (χ0n) is 16.4. The molecule has 2 fully saturated rings. The highest BCUT2D eigenvalue weighted by atomic mass is 35.5. The lowest BCUT2D eigenvalue weighted by atomic mass is 10.2. The SMILES string of the molecule is O=C(NCCCCCCNC(=O)NC1CS(=O)(=O)CC1Cl)NC1CS(=O)(=O)CC1Cl. The zero-order chi connectivity index (χ0) is 22.4. The van der Waals surface area contributed by atoms with Gasteiger partial charge in [-0.3, -0.25) is 0 Å². The van der Waals surface area contributed by atoms with E-state index in [0.29, 0.717) is 13.1 Å². The summed E-state index contributed by atoms with van der Waals surface area (Å²) in [5.74, 6) is -0.538. The van der Waals surface area contributed by atoms with Crippen LogP contribution >= 0.6 is 23.2 Å². The molecule has 2 rings (SSSR count). The first-order chi connectivity index (χ1) is 14.0. The molecule has 4 N–H and O–H groups in total. The van der Waals surface area contributed by atoms with Crippen LogP contribution in [0.5, 0.6) is 0 Å². The van der Waals surface area contributed by atoms with E-state index in [1.54, 1.807) is 0 Å². The van der Waals surface area contributed by atoms with Crippen molar-refractivity contribution in [2.45, 2.75) is 48.5 Å². The van der Waals surface area contributed by atoms with Crippen LogP contribution in [0.25, 0.3) is 0 Å². The third-order valence-corrected chi connectivity index (χ3v) is 9.62. The van der Waals surface area contributed by atoms with E-state index >= 15 is 0 Å². The number of sulfone groups is 2. The Kier molecular flexibility index (Phi) is 9.32. The number of alkyl halides is 2. The van der Waals surface area contributed by atoms with E-state index in [-0.39, 0.29) is 23.0 Å². The van der Waals surface area contributed by atoms with Crippen molar-refractivity contribution in [3.05, 3.63) is 0 Å². The second kappa shape index (κ2) is 11.1. The number of hydrogen-bond acceptors (Lipinski definition) is 6. The Morgan fingerprint density at radius 2 is 1.03 bits per heavy atom. The fraction of sp³-hybridized carbons (Fsp3) is 0.875. The lowest BCUT2D eigenvalue weighted by molar-refractivity contribution is 0.236. The second-order valence-corrected chi connectivity index (χ2v) is 13.0. The Hall–Kier alpha value is -0.980. The fourth-order valence-electron chi connectivity index (χ4n) is 3.32. The molecule has 10 nitrogen and oxygen atoms in total. The summed E-state index contributed by atoms with van der Waals surface area (Å²) in [7, 11) is -6.38. The number of hydrogen-bond donors (Lipinski definition) is 4. The molecule has 2 aliphatic rings. The van der Waals surface area contributed by atoms with Gasteiger partial charge >= 0.3 is 12.1 Å². The molecule has 14 heteroatoms. The van der Waals surface area contributed by atoms with Crippen LogP contribution in [-0.2, 0) is 19.7 Å². The maximum Gasteiger partial charge on any atom is 0.315 e. The van der Waals surface area contributed by atoms with Crippen LogP contribution in [-0.4, -0.2) is 87.8 Å². The van der Waals surface area contributed by atoms with Crippen LogP contribution in [0.3, 0.4) is 0 Å². The molecule has 0 bridgehead atoms. The van der Waals surface area contributed by atoms with Gasteiger partial charge in [0.15, 0.2) is 19.7 Å². The smallest absolute Gasteiger partial charge is 0.315 e. The van der Waals surface area contributed by atoms with Crippen molar-refractivity contribution in [1.29, 1.82) is 0 Å². The summed E-state index contributed by atoms with van der Waals surface area (Å²) in [5.41, 5.74) is 0. The van der Waals surface area contributed by atoms with Gasteiger partial charge in [0.2, 0.25) is 0 Å². The summed E-state index contributed by atoms with van der Waals surface area (Å²) in [6.07, 6.45) is 3.15. The molecule has 2 aliphatic heterocycles. The minimum atomic E-state index is -3.19. The molecule has 0 aromatic rings. The van der Waals surface area contributed by atoms with Crippen LogP contribution in [0.4, 0.5) is 9.59 Å². The summed E-state index contributed by atoms with van der Waals surface area (Å²) in [5, 5.41) is 9.29. The van der Waals surface area contributed by atoms with Crippen molar-refractivity contribution in [2.75, 3.05) is 36.1 Å². The summed E-state index contributed by atoms with van der Waals surface area (Å²) < 4.78 is 45.9. The molecule has 2 saturated heterocycles. The van der Waals surface area contributed by atoms with Gasteiger partial charge in [-0.1, -0.05) is 12.8 Å². The topological polar surface area (TPSA) is 151 Å². The predicted octanol–water partition coefficient (Wildman–Crippen LogP) is -0.0460. The Labute approximate surface area is 187 Å². The molecule has 0 aromatic carbocycles. The van der Waals surface area contributed by atoms with E-state index in [4.69, 9.17) is 23.2 Å². The fourth-order valence-corrected chi connectivity index (χ4v) is 8.42. The lowest BCUT2D eigenvalue weighted by Crippen LogP contribution is -2.46. The maximum absolute atomic E-state index is 11.8. The normalized spacial score (nSPS) is 29.3. The van der Waals surface area contributed by atoms with Gasteiger partial charge in [0, 0.05) is 13.1 Å². The van der Waals surface area contributed by atoms with Crippen molar-refractivity contribution >= 4 is 54.9 Å². The molecule has 2 heterocycles. The Bertz CT molecular complexity index is 756. The first kappa shape index (κ1) is 25.3. The van der Waals surface area contributed by atoms with Gasteiger partial charge in [-0.25, -0.2) is 26.4 Å². The van der Waals surface area contributed by atoms with E-state index in [1.165, 1.54) is 0 Å². The Morgan fingerprint density at radius 1 is 0.667 bits per heavy atom. The third-order valence-electron chi connectivity index (χ3n) is 4.87. The molecule has 0 aromatic heterocycles. The predicted molar refractivity (Wildman–Crippen MR) is 116 cm³/mol. The van der Waals surface area contributed by atoms with Crippen LogP contribution in [0, 0.1) is 0 Å². The average molecular weight is 507 g/mol. The molecule has 0 saturated carbocycles. The number of urea groups is 2. The molecule has 4 amide bonds. The van der Waals surface area contributed by atoms with Gasteiger partial charge in [-0.05, 0) is 12.8 Å². The van der Waals surface area contributed by atoms with Gasteiger partial charge in [-0.2, -0.15) is 0 Å². The molecule has 0 spiro atoms. The molecule has 174 valence electrons. The number of nitrogens with one attached hydrogen (secondary N) is 4. The Morgan fingerprint density at radius 3 is 1.33 bits per heavy atom. The van der Waals surface area contributed by atoms with Crippen molar-refractivity contribution in [1.82, 2.24) is 21.3 Å². The van der Waals surface area contributed by atoms with Crippen molar-refractivity contribution in [3.8, 4) is 0 Å². The van der Waals surface area contributed by atoms with Crippen molar-refractivity contribution < 1.29 is 26.4 Å². The van der Waals surface area contributed by atoms with Gasteiger partial charge in [-0.15, -0.1) is 23.2 Å². The summed E-state index contributed by atoms with van der Waals surface area (Å²) in [6, 6.07) is -2.03. The van der Waals surface area contributed by atoms with E-state index in [1.807, 2.05) is 0 Å². The third kappa shape index (κ3) is 8.64. The van der Waals surface area contributed by atoms with E-state index in [0.717, 1.165) is 25.7 Å². The number of unbranched alkanes of at least 4 members (excludes halogenated alkanes) is 3. The van der Waals surface area contributed by atoms with Crippen molar-refractivity contribution in [2.24, 2.45) is 0 Å². The number of amides is 4. The highest BCUT2D eigenvalue weighted by Crippen LogP contribution is 2.18. The molecular formula is C16H28Cl2N4O6S2. The number of halogens is 2. The van der Waals surface area contributed by atoms with Crippen molar-refractivity contribution in [3.63, 3.8) is 0 Å². The largest absolute Gasteiger partial charge is 0.338 e. The lowest BCUT2D eigenvalue weighted by Gasteiger charge is -2.15. The monoisotopic (exact) mass is 506 g/mol. The minimum absolute atomic E-state index is 0.127. The number of carbonyl (C=O) groups is 2. The van der Waals surface area contributed by atoms with E-state index in [2.05, 4.69) is 21.3 Å². The standard InChI is InChI=1S/C16H28Cl2N4O6S2/c17-11-7-29(25,26)9-13(11)21-15(23)19-5-3-1-2-4-6-20-16(24)22-14-10-30(27,28)8-12(14)18/h11-14H,1-10H2,(H2,19,21,23)(H2,20,22,24). The summed E-state index contributed by atoms with van der Waals surface area (Å²) >= 11 is 11.9. The molecule has 4 unspecified atom stereocenters. The Balaban J connectivity index is 1.46. The minimum Gasteiger partial charge on any atom is -0.338 e. The van der Waals surface area contributed by atoms with Gasteiger partial charge in [0.25, 0.3) is 0 Å². The first-order valence-corrected chi connectivity index (χ1v) is 14.3. The summed E-state index contributed by atoms with van der Waals surface area (Å²) in [6.45, 7) is 0.888. The van der Waals surface area contributed by atoms with E-state index in [9.17, 15) is 26.4 Å². The van der Waals surface area contributed by atoms with Crippen LogP contribution in [0.15, 0.2) is 0 Å². The van der Waals surface area contributed by atoms with Gasteiger partial charge in [0.1, 0.15) is 0 Å². The molecule has 0 radical (unpaired) electrons. The van der Waals surface area contributed by atoms with Crippen LogP contribution in [0.1, 0.15) is 25.7 Å². The molecule has 4 atom stereocenters. The molecule has 30 heavy (non-hydrogen) atoms. The van der Waals surface area contributed by atoms with E-state index < -0.39 is 54.6 Å². The highest BCUT2D eigenvalue weighted by molar-refractivity contribution is 7.92. The quantitative estimate of drug-likeness (QED) is 0.254. The average Bonchev–Trinajstić information content (AvgIpc) is 3.02. The first-order valence-electron chi connectivity index (χ1n) is 9.75. The number of rotatable bonds is 9. The number of carbonyl (C=O) groups excluding carboxylic acids is 2. The van der Waals surface area contributed by atoms with Crippen LogP contribution < -0.4 is 21.3 Å². The van der Waals surface area contributed by atoms with Gasteiger partial charge in [0.05, 0.1) is 45.8 Å². The molecule has 0 aliphatic carbocycles. The maximum atomic E-state index is 11.8. The highest BCUT2D eigenvalue weighted by Gasteiger charge is 2.38.